The lowest BCUT2D eigenvalue weighted by Gasteiger charge is -2.15. The Morgan fingerprint density at radius 3 is 2.38 bits per heavy atom. The van der Waals surface area contributed by atoms with Gasteiger partial charge < -0.3 is 5.32 Å². The van der Waals surface area contributed by atoms with E-state index in [0.29, 0.717) is 6.42 Å². The lowest BCUT2D eigenvalue weighted by molar-refractivity contribution is -0.121. The molecule has 0 heterocycles. The highest BCUT2D eigenvalue weighted by Crippen LogP contribution is 2.17. The summed E-state index contributed by atoms with van der Waals surface area (Å²) in [6.07, 6.45) is 0.419. The number of aryl methyl sites for hydroxylation is 2. The van der Waals surface area contributed by atoms with Crippen molar-refractivity contribution in [1.29, 1.82) is 0 Å². The Balaban J connectivity index is 1.97. The Bertz CT molecular complexity index is 634. The minimum atomic E-state index is 0.0112. The number of amides is 1. The molecule has 0 aliphatic carbocycles. The van der Waals surface area contributed by atoms with Crippen molar-refractivity contribution in [2.75, 3.05) is 0 Å². The second-order valence-corrected chi connectivity index (χ2v) is 6.35. The Kier molecular flexibility index (Phi) is 5.18. The SMILES string of the molecule is Cc1ccc(CC(=O)N[C@H](C)c2ccc(Br)cc2)cc1C. The van der Waals surface area contributed by atoms with Gasteiger partial charge in [0.1, 0.15) is 0 Å². The first-order chi connectivity index (χ1) is 9.95. The molecule has 2 aromatic rings. The van der Waals surface area contributed by atoms with E-state index >= 15 is 0 Å². The van der Waals surface area contributed by atoms with Crippen LogP contribution in [0.4, 0.5) is 0 Å². The minimum Gasteiger partial charge on any atom is -0.349 e. The highest BCUT2D eigenvalue weighted by atomic mass is 79.9. The van der Waals surface area contributed by atoms with Crippen LogP contribution in [0.1, 0.15) is 35.2 Å². The van der Waals surface area contributed by atoms with Crippen LogP contribution in [0.15, 0.2) is 46.9 Å². The second-order valence-electron chi connectivity index (χ2n) is 5.44. The van der Waals surface area contributed by atoms with Crippen LogP contribution >= 0.6 is 15.9 Å². The molecule has 0 aliphatic heterocycles. The van der Waals surface area contributed by atoms with Crippen molar-refractivity contribution < 1.29 is 4.79 Å². The van der Waals surface area contributed by atoms with Crippen molar-refractivity contribution in [3.8, 4) is 0 Å². The summed E-state index contributed by atoms with van der Waals surface area (Å²) in [5, 5.41) is 3.04. The summed E-state index contributed by atoms with van der Waals surface area (Å²) >= 11 is 3.41. The molecule has 0 spiro atoms. The highest BCUT2D eigenvalue weighted by Gasteiger charge is 2.10. The third-order valence-corrected chi connectivity index (χ3v) is 4.21. The van der Waals surface area contributed by atoms with Gasteiger partial charge in [-0.1, -0.05) is 46.3 Å². The van der Waals surface area contributed by atoms with E-state index in [4.69, 9.17) is 0 Å². The fraction of sp³-hybridized carbons (Fsp3) is 0.278. The molecule has 0 radical (unpaired) electrons. The normalized spacial score (nSPS) is 12.0. The van der Waals surface area contributed by atoms with Gasteiger partial charge in [0.2, 0.25) is 5.91 Å². The van der Waals surface area contributed by atoms with Crippen LogP contribution in [0.5, 0.6) is 0 Å². The topological polar surface area (TPSA) is 29.1 Å². The van der Waals surface area contributed by atoms with E-state index < -0.39 is 0 Å². The number of carbonyl (C=O) groups is 1. The number of hydrogen-bond donors (Lipinski definition) is 1. The summed E-state index contributed by atoms with van der Waals surface area (Å²) in [5.41, 5.74) is 4.63. The van der Waals surface area contributed by atoms with Gasteiger partial charge in [0.15, 0.2) is 0 Å². The number of nitrogens with one attached hydrogen (secondary N) is 1. The van der Waals surface area contributed by atoms with Crippen LogP contribution in [0.3, 0.4) is 0 Å². The molecule has 2 rings (SSSR count). The van der Waals surface area contributed by atoms with Crippen molar-refractivity contribution in [3.63, 3.8) is 0 Å². The van der Waals surface area contributed by atoms with Crippen LogP contribution in [0, 0.1) is 13.8 Å². The molecular formula is C18H20BrNO. The smallest absolute Gasteiger partial charge is 0.224 e. The van der Waals surface area contributed by atoms with Gasteiger partial charge >= 0.3 is 0 Å². The van der Waals surface area contributed by atoms with Gasteiger partial charge in [-0.2, -0.15) is 0 Å². The number of benzene rings is 2. The van der Waals surface area contributed by atoms with Crippen molar-refractivity contribution >= 4 is 21.8 Å². The van der Waals surface area contributed by atoms with E-state index in [0.717, 1.165) is 15.6 Å². The van der Waals surface area contributed by atoms with E-state index in [2.05, 4.69) is 47.2 Å². The molecule has 2 aromatic carbocycles. The zero-order valence-corrected chi connectivity index (χ0v) is 14.2. The molecule has 0 aliphatic rings. The third-order valence-electron chi connectivity index (χ3n) is 3.68. The zero-order chi connectivity index (χ0) is 15.4. The molecule has 1 N–H and O–H groups in total. The second kappa shape index (κ2) is 6.90. The maximum Gasteiger partial charge on any atom is 0.224 e. The fourth-order valence-electron chi connectivity index (χ4n) is 2.23. The van der Waals surface area contributed by atoms with Crippen molar-refractivity contribution in [2.24, 2.45) is 0 Å². The molecule has 1 amide bonds. The quantitative estimate of drug-likeness (QED) is 0.869. The minimum absolute atomic E-state index is 0.0112. The Hall–Kier alpha value is -1.61. The molecule has 0 fully saturated rings. The highest BCUT2D eigenvalue weighted by molar-refractivity contribution is 9.10. The van der Waals surface area contributed by atoms with Gasteiger partial charge in [0.25, 0.3) is 0 Å². The molecule has 0 bridgehead atoms. The molecule has 0 saturated heterocycles. The third kappa shape index (κ3) is 4.43. The Morgan fingerprint density at radius 1 is 1.10 bits per heavy atom. The van der Waals surface area contributed by atoms with Crippen LogP contribution in [-0.2, 0) is 11.2 Å². The van der Waals surface area contributed by atoms with Crippen LogP contribution in [0.25, 0.3) is 0 Å². The Morgan fingerprint density at radius 2 is 1.76 bits per heavy atom. The molecule has 21 heavy (non-hydrogen) atoms. The molecule has 0 aromatic heterocycles. The number of rotatable bonds is 4. The van der Waals surface area contributed by atoms with E-state index in [1.165, 1.54) is 11.1 Å². The van der Waals surface area contributed by atoms with Gasteiger partial charge in [-0.3, -0.25) is 4.79 Å². The van der Waals surface area contributed by atoms with Gasteiger partial charge in [0, 0.05) is 4.47 Å². The largest absolute Gasteiger partial charge is 0.349 e. The Labute approximate surface area is 134 Å². The first-order valence-electron chi connectivity index (χ1n) is 7.06. The molecular weight excluding hydrogens is 326 g/mol. The molecule has 0 saturated carbocycles. The van der Waals surface area contributed by atoms with Gasteiger partial charge in [-0.15, -0.1) is 0 Å². The summed E-state index contributed by atoms with van der Waals surface area (Å²) in [7, 11) is 0. The molecule has 0 unspecified atom stereocenters. The van der Waals surface area contributed by atoms with Crippen molar-refractivity contribution in [1.82, 2.24) is 5.32 Å². The number of carbonyl (C=O) groups excluding carboxylic acids is 1. The van der Waals surface area contributed by atoms with Gasteiger partial charge in [0.05, 0.1) is 12.5 Å². The van der Waals surface area contributed by atoms with Crippen LogP contribution < -0.4 is 5.32 Å². The lowest BCUT2D eigenvalue weighted by atomic mass is 10.0. The molecule has 3 heteroatoms. The maximum atomic E-state index is 12.1. The predicted molar refractivity (Wildman–Crippen MR) is 90.3 cm³/mol. The summed E-state index contributed by atoms with van der Waals surface area (Å²) in [4.78, 5) is 12.1. The zero-order valence-electron chi connectivity index (χ0n) is 12.6. The van der Waals surface area contributed by atoms with Gasteiger partial charge in [-0.25, -0.2) is 0 Å². The first-order valence-corrected chi connectivity index (χ1v) is 7.86. The maximum absolute atomic E-state index is 12.1. The van der Waals surface area contributed by atoms with E-state index in [1.807, 2.05) is 37.3 Å². The lowest BCUT2D eigenvalue weighted by Crippen LogP contribution is -2.28. The molecule has 2 nitrogen and oxygen atoms in total. The number of hydrogen-bond acceptors (Lipinski definition) is 1. The van der Waals surface area contributed by atoms with E-state index in [-0.39, 0.29) is 11.9 Å². The standard InChI is InChI=1S/C18H20BrNO/c1-12-4-5-15(10-13(12)2)11-18(21)20-14(3)16-6-8-17(19)9-7-16/h4-10,14H,11H2,1-3H3,(H,20,21)/t14-/m1/s1. The average Bonchev–Trinajstić information content (AvgIpc) is 2.43. The van der Waals surface area contributed by atoms with Crippen molar-refractivity contribution in [3.05, 3.63) is 69.2 Å². The molecule has 1 atom stereocenters. The van der Waals surface area contributed by atoms with Gasteiger partial charge in [-0.05, 0) is 55.2 Å². The summed E-state index contributed by atoms with van der Waals surface area (Å²) < 4.78 is 1.04. The number of halogens is 1. The van der Waals surface area contributed by atoms with Crippen LogP contribution in [-0.4, -0.2) is 5.91 Å². The summed E-state index contributed by atoms with van der Waals surface area (Å²) in [6.45, 7) is 6.15. The van der Waals surface area contributed by atoms with E-state index in [9.17, 15) is 4.79 Å². The van der Waals surface area contributed by atoms with Crippen molar-refractivity contribution in [2.45, 2.75) is 33.2 Å². The van der Waals surface area contributed by atoms with E-state index in [1.54, 1.807) is 0 Å². The average molecular weight is 346 g/mol. The monoisotopic (exact) mass is 345 g/mol. The summed E-state index contributed by atoms with van der Waals surface area (Å²) in [6, 6.07) is 14.2. The predicted octanol–water partition coefficient (Wildman–Crippen LogP) is 4.49. The summed E-state index contributed by atoms with van der Waals surface area (Å²) in [5.74, 6) is 0.0497. The fourth-order valence-corrected chi connectivity index (χ4v) is 2.49. The molecule has 110 valence electrons. The van der Waals surface area contributed by atoms with Crippen LogP contribution in [0.2, 0.25) is 0 Å². The first kappa shape index (κ1) is 15.8.